The standard InChI is InChI=1S/C24H21NO3/c1-27-16-11-12-20-18(13-16)19(24(26)25-20)14-22-23(15-7-3-2-4-8-15)17-9-5-6-10-21(17)28-22/h2-4,7-8,11-14H,5-6,9-10H2,1H3,(H,25,26). The molecule has 1 aliphatic carbocycles. The molecule has 4 nitrogen and oxygen atoms in total. The molecule has 4 heteroatoms. The summed E-state index contributed by atoms with van der Waals surface area (Å²) >= 11 is 0. The van der Waals surface area contributed by atoms with Crippen molar-refractivity contribution < 1.29 is 13.9 Å². The molecule has 0 spiro atoms. The Balaban J connectivity index is 1.69. The van der Waals surface area contributed by atoms with Crippen molar-refractivity contribution >= 4 is 23.2 Å². The number of nitrogens with one attached hydrogen (secondary N) is 1. The number of furan rings is 1. The Morgan fingerprint density at radius 2 is 1.89 bits per heavy atom. The normalized spacial score (nSPS) is 16.6. The second-order valence-electron chi connectivity index (χ2n) is 7.24. The summed E-state index contributed by atoms with van der Waals surface area (Å²) < 4.78 is 11.6. The van der Waals surface area contributed by atoms with E-state index in [-0.39, 0.29) is 5.91 Å². The summed E-state index contributed by atoms with van der Waals surface area (Å²) in [5.41, 5.74) is 5.79. The molecule has 2 heterocycles. The molecule has 0 saturated carbocycles. The average molecular weight is 371 g/mol. The molecule has 5 rings (SSSR count). The van der Waals surface area contributed by atoms with E-state index in [0.717, 1.165) is 58.9 Å². The molecular weight excluding hydrogens is 350 g/mol. The lowest BCUT2D eigenvalue weighted by Crippen LogP contribution is -2.03. The van der Waals surface area contributed by atoms with Gasteiger partial charge >= 0.3 is 0 Å². The van der Waals surface area contributed by atoms with E-state index in [9.17, 15) is 4.79 Å². The van der Waals surface area contributed by atoms with E-state index in [1.54, 1.807) is 7.11 Å². The Labute approximate surface area is 163 Å². The number of amides is 1. The minimum absolute atomic E-state index is 0.114. The van der Waals surface area contributed by atoms with E-state index in [4.69, 9.17) is 9.15 Å². The molecule has 0 bridgehead atoms. The van der Waals surface area contributed by atoms with Crippen LogP contribution in [0.3, 0.4) is 0 Å². The number of hydrogen-bond donors (Lipinski definition) is 1. The first-order valence-corrected chi connectivity index (χ1v) is 9.66. The summed E-state index contributed by atoms with van der Waals surface area (Å²) in [5.74, 6) is 2.43. The van der Waals surface area contributed by atoms with Gasteiger partial charge in [0.05, 0.1) is 12.7 Å². The van der Waals surface area contributed by atoms with Crippen LogP contribution in [0.15, 0.2) is 52.9 Å². The molecule has 2 aromatic carbocycles. The monoisotopic (exact) mass is 371 g/mol. The Bertz CT molecular complexity index is 1090. The molecule has 0 saturated heterocycles. The minimum atomic E-state index is -0.114. The van der Waals surface area contributed by atoms with Gasteiger partial charge in [0, 0.05) is 28.8 Å². The Morgan fingerprint density at radius 1 is 1.07 bits per heavy atom. The summed E-state index contributed by atoms with van der Waals surface area (Å²) in [6.07, 6.45) is 6.17. The summed E-state index contributed by atoms with van der Waals surface area (Å²) in [4.78, 5) is 12.7. The van der Waals surface area contributed by atoms with Crippen LogP contribution in [-0.2, 0) is 17.6 Å². The van der Waals surface area contributed by atoms with Gasteiger partial charge in [-0.05, 0) is 49.1 Å². The number of ether oxygens (including phenoxy) is 1. The van der Waals surface area contributed by atoms with Crippen molar-refractivity contribution in [2.24, 2.45) is 0 Å². The molecule has 3 aromatic rings. The van der Waals surface area contributed by atoms with E-state index in [1.165, 1.54) is 12.0 Å². The van der Waals surface area contributed by atoms with Crippen molar-refractivity contribution in [2.45, 2.75) is 25.7 Å². The minimum Gasteiger partial charge on any atom is -0.497 e. The van der Waals surface area contributed by atoms with Crippen LogP contribution in [0, 0.1) is 0 Å². The maximum Gasteiger partial charge on any atom is 0.256 e. The zero-order valence-electron chi connectivity index (χ0n) is 15.7. The second kappa shape index (κ2) is 6.71. The average Bonchev–Trinajstić information content (AvgIpc) is 3.25. The molecule has 2 aliphatic rings. The van der Waals surface area contributed by atoms with Gasteiger partial charge in [-0.2, -0.15) is 0 Å². The Kier molecular flexibility index (Phi) is 4.05. The van der Waals surface area contributed by atoms with Gasteiger partial charge in [0.15, 0.2) is 0 Å². The third-order valence-corrected chi connectivity index (χ3v) is 5.55. The first-order valence-electron chi connectivity index (χ1n) is 9.66. The van der Waals surface area contributed by atoms with Gasteiger partial charge in [-0.3, -0.25) is 4.79 Å². The van der Waals surface area contributed by atoms with Crippen LogP contribution in [0.1, 0.15) is 35.5 Å². The molecule has 1 aromatic heterocycles. The Hall–Kier alpha value is -3.27. The largest absolute Gasteiger partial charge is 0.497 e. The van der Waals surface area contributed by atoms with E-state index >= 15 is 0 Å². The highest BCUT2D eigenvalue weighted by Gasteiger charge is 2.28. The maximum absolute atomic E-state index is 12.7. The van der Waals surface area contributed by atoms with Crippen molar-refractivity contribution in [3.8, 4) is 16.9 Å². The first-order chi connectivity index (χ1) is 13.7. The zero-order chi connectivity index (χ0) is 19.1. The number of carbonyl (C=O) groups excluding carboxylic acids is 1. The number of rotatable bonds is 3. The number of carbonyl (C=O) groups is 1. The molecule has 140 valence electrons. The predicted octanol–water partition coefficient (Wildman–Crippen LogP) is 5.33. The molecule has 1 amide bonds. The fraction of sp³-hybridized carbons (Fsp3) is 0.208. The number of hydrogen-bond acceptors (Lipinski definition) is 3. The van der Waals surface area contributed by atoms with Gasteiger partial charge in [-0.15, -0.1) is 0 Å². The van der Waals surface area contributed by atoms with E-state index in [1.807, 2.05) is 42.5 Å². The summed E-state index contributed by atoms with van der Waals surface area (Å²) in [7, 11) is 1.63. The van der Waals surface area contributed by atoms with Crippen LogP contribution < -0.4 is 10.1 Å². The van der Waals surface area contributed by atoms with Gasteiger partial charge in [-0.25, -0.2) is 0 Å². The van der Waals surface area contributed by atoms with Crippen LogP contribution in [0.2, 0.25) is 0 Å². The first kappa shape index (κ1) is 16.9. The third-order valence-electron chi connectivity index (χ3n) is 5.55. The molecule has 0 unspecified atom stereocenters. The summed E-state index contributed by atoms with van der Waals surface area (Å²) in [6, 6.07) is 15.9. The number of benzene rings is 2. The van der Waals surface area contributed by atoms with Gasteiger partial charge in [-0.1, -0.05) is 30.3 Å². The molecule has 0 atom stereocenters. The summed E-state index contributed by atoms with van der Waals surface area (Å²) in [5, 5.41) is 2.94. The van der Waals surface area contributed by atoms with Crippen molar-refractivity contribution in [3.05, 3.63) is 71.2 Å². The molecular formula is C24H21NO3. The number of fused-ring (bicyclic) bond motifs is 2. The van der Waals surface area contributed by atoms with Crippen molar-refractivity contribution in [1.82, 2.24) is 0 Å². The van der Waals surface area contributed by atoms with E-state index in [2.05, 4.69) is 17.4 Å². The van der Waals surface area contributed by atoms with Crippen molar-refractivity contribution in [3.63, 3.8) is 0 Å². The lowest BCUT2D eigenvalue weighted by atomic mass is 9.91. The zero-order valence-corrected chi connectivity index (χ0v) is 15.7. The lowest BCUT2D eigenvalue weighted by molar-refractivity contribution is -0.110. The third kappa shape index (κ3) is 2.73. The number of aryl methyl sites for hydroxylation is 1. The Morgan fingerprint density at radius 3 is 2.71 bits per heavy atom. The molecule has 0 fully saturated rings. The SMILES string of the molecule is COc1ccc2c(c1)C(=Cc1oc3c(c1-c1ccccc1)CCCC3)C(=O)N2. The molecule has 28 heavy (non-hydrogen) atoms. The van der Waals surface area contributed by atoms with Crippen LogP contribution >= 0.6 is 0 Å². The molecule has 1 N–H and O–H groups in total. The highest BCUT2D eigenvalue weighted by molar-refractivity contribution is 6.35. The van der Waals surface area contributed by atoms with Gasteiger partial charge in [0.1, 0.15) is 17.3 Å². The maximum atomic E-state index is 12.7. The van der Waals surface area contributed by atoms with Crippen molar-refractivity contribution in [1.29, 1.82) is 0 Å². The smallest absolute Gasteiger partial charge is 0.256 e. The molecule has 0 radical (unpaired) electrons. The second-order valence-corrected chi connectivity index (χ2v) is 7.24. The number of methoxy groups -OCH3 is 1. The van der Waals surface area contributed by atoms with Gasteiger partial charge in [0.25, 0.3) is 5.91 Å². The molecule has 1 aliphatic heterocycles. The van der Waals surface area contributed by atoms with Crippen molar-refractivity contribution in [2.75, 3.05) is 12.4 Å². The fourth-order valence-electron chi connectivity index (χ4n) is 4.18. The predicted molar refractivity (Wildman–Crippen MR) is 110 cm³/mol. The topological polar surface area (TPSA) is 51.5 Å². The quantitative estimate of drug-likeness (QED) is 0.634. The van der Waals surface area contributed by atoms with E-state index < -0.39 is 0 Å². The van der Waals surface area contributed by atoms with E-state index in [0.29, 0.717) is 5.57 Å². The van der Waals surface area contributed by atoms with Gasteiger partial charge in [0.2, 0.25) is 0 Å². The highest BCUT2D eigenvalue weighted by atomic mass is 16.5. The van der Waals surface area contributed by atoms with Crippen LogP contribution in [0.25, 0.3) is 22.8 Å². The van der Waals surface area contributed by atoms with Crippen LogP contribution in [0.5, 0.6) is 5.75 Å². The lowest BCUT2D eigenvalue weighted by Gasteiger charge is -2.11. The van der Waals surface area contributed by atoms with Crippen LogP contribution in [0.4, 0.5) is 5.69 Å². The fourth-order valence-corrected chi connectivity index (χ4v) is 4.18. The number of anilines is 1. The summed E-state index contributed by atoms with van der Waals surface area (Å²) in [6.45, 7) is 0. The van der Waals surface area contributed by atoms with Gasteiger partial charge < -0.3 is 14.5 Å². The van der Waals surface area contributed by atoms with Crippen LogP contribution in [-0.4, -0.2) is 13.0 Å². The highest BCUT2D eigenvalue weighted by Crippen LogP contribution is 2.41.